The lowest BCUT2D eigenvalue weighted by Crippen LogP contribution is -2.18. The van der Waals surface area contributed by atoms with Crippen molar-refractivity contribution in [3.8, 4) is 0 Å². The number of esters is 1. The topological polar surface area (TPSA) is 81.7 Å². The van der Waals surface area contributed by atoms with Gasteiger partial charge >= 0.3 is 5.97 Å². The summed E-state index contributed by atoms with van der Waals surface area (Å²) in [5, 5.41) is 2.14. The number of carbonyl (C=O) groups is 3. The number of ether oxygens (including phenoxy) is 2. The summed E-state index contributed by atoms with van der Waals surface area (Å²) in [6.45, 7) is 7.74. The van der Waals surface area contributed by atoms with Crippen molar-refractivity contribution in [2.45, 2.75) is 32.8 Å². The van der Waals surface area contributed by atoms with Crippen LogP contribution in [0.3, 0.4) is 0 Å². The lowest BCUT2D eigenvalue weighted by molar-refractivity contribution is -0.137. The van der Waals surface area contributed by atoms with Gasteiger partial charge in [0.25, 0.3) is 0 Å². The summed E-state index contributed by atoms with van der Waals surface area (Å²) in [7, 11) is 1.33. The Morgan fingerprint density at radius 2 is 1.89 bits per heavy atom. The Balaban J connectivity index is 0.000000351. The molecule has 6 heteroatoms. The number of hydrogen-bond acceptors (Lipinski definition) is 5. The molecule has 1 atom stereocenters. The zero-order chi connectivity index (χ0) is 14.1. The van der Waals surface area contributed by atoms with Gasteiger partial charge in [-0.1, -0.05) is 6.58 Å². The maximum atomic E-state index is 10.8. The molecule has 0 aliphatic carbocycles. The van der Waals surface area contributed by atoms with Crippen molar-refractivity contribution in [2.75, 3.05) is 13.7 Å². The van der Waals surface area contributed by atoms with Crippen molar-refractivity contribution >= 4 is 17.8 Å². The molecule has 0 spiro atoms. The predicted molar refractivity (Wildman–Crippen MR) is 64.6 cm³/mol. The molecule has 0 aromatic rings. The van der Waals surface area contributed by atoms with Crippen molar-refractivity contribution in [3.63, 3.8) is 0 Å². The molecule has 1 aliphatic heterocycles. The molecule has 0 bridgehead atoms. The second kappa shape index (κ2) is 8.41. The zero-order valence-corrected chi connectivity index (χ0v) is 10.9. The lowest BCUT2D eigenvalue weighted by atomic mass is 10.2. The van der Waals surface area contributed by atoms with E-state index in [1.807, 2.05) is 6.92 Å². The average molecular weight is 257 g/mol. The predicted octanol–water partition coefficient (Wildman–Crippen LogP) is 0.564. The molecular weight excluding hydrogens is 238 g/mol. The first-order chi connectivity index (χ1) is 8.42. The van der Waals surface area contributed by atoms with Gasteiger partial charge in [-0.05, 0) is 13.8 Å². The van der Waals surface area contributed by atoms with E-state index in [-0.39, 0.29) is 17.9 Å². The van der Waals surface area contributed by atoms with Crippen molar-refractivity contribution in [1.82, 2.24) is 5.32 Å². The van der Waals surface area contributed by atoms with E-state index in [1.165, 1.54) is 7.11 Å². The van der Waals surface area contributed by atoms with E-state index in [4.69, 9.17) is 4.74 Å². The molecule has 6 nitrogen and oxygen atoms in total. The quantitative estimate of drug-likeness (QED) is 0.452. The van der Waals surface area contributed by atoms with Crippen LogP contribution in [-0.2, 0) is 23.9 Å². The van der Waals surface area contributed by atoms with Gasteiger partial charge in [-0.25, -0.2) is 4.79 Å². The normalized spacial score (nSPS) is 15.3. The van der Waals surface area contributed by atoms with E-state index in [0.29, 0.717) is 25.0 Å². The number of amides is 2. The van der Waals surface area contributed by atoms with Crippen LogP contribution >= 0.6 is 0 Å². The minimum absolute atomic E-state index is 0.148. The fourth-order valence-electron chi connectivity index (χ4n) is 1.16. The van der Waals surface area contributed by atoms with Crippen molar-refractivity contribution in [2.24, 2.45) is 0 Å². The van der Waals surface area contributed by atoms with Gasteiger partial charge in [-0.15, -0.1) is 0 Å². The molecule has 1 heterocycles. The maximum Gasteiger partial charge on any atom is 0.335 e. The van der Waals surface area contributed by atoms with Crippen LogP contribution in [0.1, 0.15) is 26.7 Å². The van der Waals surface area contributed by atoms with E-state index in [0.717, 1.165) is 0 Å². The Morgan fingerprint density at radius 3 is 2.17 bits per heavy atom. The molecule has 0 aromatic carbocycles. The smallest absolute Gasteiger partial charge is 0.335 e. The summed E-state index contributed by atoms with van der Waals surface area (Å²) in [6.07, 6.45) is 0.491. The van der Waals surface area contributed by atoms with Gasteiger partial charge in [0.15, 0.2) is 0 Å². The van der Waals surface area contributed by atoms with Crippen LogP contribution in [-0.4, -0.2) is 37.6 Å². The van der Waals surface area contributed by atoms with E-state index in [1.54, 1.807) is 6.92 Å². The molecule has 1 fully saturated rings. The molecule has 1 unspecified atom stereocenters. The standard InChI is InChI=1S/C8H14O3.C4H5NO2/c1-5-11-7(3)6(2)8(9)10-4;6-3-1-2-4(7)5-3/h7H,2,5H2,1,3-4H3;1-2H2,(H,5,6,7). The number of carbonyl (C=O) groups excluding carboxylic acids is 3. The number of nitrogens with one attached hydrogen (secondary N) is 1. The van der Waals surface area contributed by atoms with Crippen molar-refractivity contribution in [3.05, 3.63) is 12.2 Å². The van der Waals surface area contributed by atoms with Gasteiger partial charge in [0, 0.05) is 19.4 Å². The largest absolute Gasteiger partial charge is 0.466 e. The van der Waals surface area contributed by atoms with E-state index in [2.05, 4.69) is 16.6 Å². The number of imide groups is 1. The first-order valence-corrected chi connectivity index (χ1v) is 5.63. The van der Waals surface area contributed by atoms with E-state index < -0.39 is 5.97 Å². The molecule has 18 heavy (non-hydrogen) atoms. The SMILES string of the molecule is C=C(C(=O)OC)C(C)OCC.O=C1CCC(=O)N1. The monoisotopic (exact) mass is 257 g/mol. The Labute approximate surface area is 106 Å². The molecule has 0 radical (unpaired) electrons. The van der Waals surface area contributed by atoms with Crippen LogP contribution in [0.15, 0.2) is 12.2 Å². The lowest BCUT2D eigenvalue weighted by Gasteiger charge is -2.11. The van der Waals surface area contributed by atoms with Gasteiger partial charge in [0.1, 0.15) is 0 Å². The van der Waals surface area contributed by atoms with Crippen LogP contribution in [0.5, 0.6) is 0 Å². The highest BCUT2D eigenvalue weighted by Gasteiger charge is 2.15. The minimum Gasteiger partial charge on any atom is -0.466 e. The van der Waals surface area contributed by atoms with Crippen LogP contribution < -0.4 is 5.32 Å². The summed E-state index contributed by atoms with van der Waals surface area (Å²) < 4.78 is 9.59. The molecule has 1 aliphatic rings. The Hall–Kier alpha value is -1.69. The fraction of sp³-hybridized carbons (Fsp3) is 0.583. The molecule has 0 saturated carbocycles. The van der Waals surface area contributed by atoms with Crippen LogP contribution in [0.4, 0.5) is 0 Å². The minimum atomic E-state index is -0.411. The first-order valence-electron chi connectivity index (χ1n) is 5.63. The highest BCUT2D eigenvalue weighted by Crippen LogP contribution is 2.04. The van der Waals surface area contributed by atoms with Gasteiger partial charge in [0.2, 0.25) is 11.8 Å². The van der Waals surface area contributed by atoms with Crippen molar-refractivity contribution < 1.29 is 23.9 Å². The number of methoxy groups -OCH3 is 1. The third-order valence-corrected chi connectivity index (χ3v) is 2.21. The van der Waals surface area contributed by atoms with E-state index >= 15 is 0 Å². The van der Waals surface area contributed by atoms with Gasteiger partial charge < -0.3 is 9.47 Å². The van der Waals surface area contributed by atoms with Crippen molar-refractivity contribution in [1.29, 1.82) is 0 Å². The summed E-state index contributed by atoms with van der Waals surface area (Å²) in [6, 6.07) is 0. The molecule has 0 aromatic heterocycles. The second-order valence-electron chi connectivity index (χ2n) is 3.59. The third kappa shape index (κ3) is 6.15. The van der Waals surface area contributed by atoms with Crippen LogP contribution in [0, 0.1) is 0 Å². The van der Waals surface area contributed by atoms with Gasteiger partial charge in [-0.2, -0.15) is 0 Å². The molecule has 102 valence electrons. The highest BCUT2D eigenvalue weighted by molar-refractivity contribution is 6.01. The molecule has 2 amide bonds. The van der Waals surface area contributed by atoms with Gasteiger partial charge in [-0.3, -0.25) is 14.9 Å². The Kier molecular flexibility index (Phi) is 7.62. The summed E-state index contributed by atoms with van der Waals surface area (Å²) >= 11 is 0. The molecular formula is C12H19NO5. The summed E-state index contributed by atoms with van der Waals surface area (Å²) in [5.74, 6) is -0.707. The van der Waals surface area contributed by atoms with Crippen LogP contribution in [0.25, 0.3) is 0 Å². The zero-order valence-electron chi connectivity index (χ0n) is 10.9. The molecule has 1 rings (SSSR count). The van der Waals surface area contributed by atoms with Gasteiger partial charge in [0.05, 0.1) is 18.8 Å². The number of rotatable bonds is 4. The fourth-order valence-corrected chi connectivity index (χ4v) is 1.16. The molecule has 1 saturated heterocycles. The Morgan fingerprint density at radius 1 is 1.39 bits per heavy atom. The van der Waals surface area contributed by atoms with Crippen LogP contribution in [0.2, 0.25) is 0 Å². The second-order valence-corrected chi connectivity index (χ2v) is 3.59. The third-order valence-electron chi connectivity index (χ3n) is 2.21. The number of hydrogen-bond donors (Lipinski definition) is 1. The highest BCUT2D eigenvalue weighted by atomic mass is 16.5. The average Bonchev–Trinajstić information content (AvgIpc) is 2.72. The summed E-state index contributed by atoms with van der Waals surface area (Å²) in [5.41, 5.74) is 0.356. The maximum absolute atomic E-state index is 10.8. The van der Waals surface area contributed by atoms with E-state index in [9.17, 15) is 14.4 Å². The summed E-state index contributed by atoms with van der Waals surface area (Å²) in [4.78, 5) is 31.1. The first kappa shape index (κ1) is 16.3. The molecule has 1 N–H and O–H groups in total. The Bertz CT molecular complexity index is 323.